The second-order valence-corrected chi connectivity index (χ2v) is 11.5. The van der Waals surface area contributed by atoms with Gasteiger partial charge in [-0.1, -0.05) is 117 Å². The third kappa shape index (κ3) is 8.87. The van der Waals surface area contributed by atoms with Gasteiger partial charge in [0.05, 0.1) is 16.9 Å². The standard InChI is InChI=1S/C45H49N3/c1-12-17-20-24-37-30-31-41-42(36(10)44(47-43(41)35(37)9)40(27-18-13-2)32(6)15-4)33(7)28-29-34(8)45(46-38(16-5)23-14-3)48(11)39-25-21-19-22-26-39/h4,12-14,16-18,20-21,23-31H,6-8,19,22H2,1-3,5,9-11H3/b17-12-,18-13-,23-14-,24-20-,29-28-,38-16+,40-27+,46-45-. The van der Waals surface area contributed by atoms with Crippen molar-refractivity contribution in [3.05, 3.63) is 167 Å². The van der Waals surface area contributed by atoms with Crippen molar-refractivity contribution in [2.45, 2.75) is 54.4 Å². The van der Waals surface area contributed by atoms with Gasteiger partial charge in [0.2, 0.25) is 0 Å². The van der Waals surface area contributed by atoms with Crippen LogP contribution >= 0.6 is 0 Å². The summed E-state index contributed by atoms with van der Waals surface area (Å²) in [7, 11) is 2.03. The molecule has 1 aliphatic carbocycles. The van der Waals surface area contributed by atoms with E-state index in [1.165, 1.54) is 0 Å². The smallest absolute Gasteiger partial charge is 0.140 e. The summed E-state index contributed by atoms with van der Waals surface area (Å²) < 4.78 is 0. The maximum absolute atomic E-state index is 5.89. The molecule has 0 atom stereocenters. The fraction of sp³-hybridized carbons (Fsp3) is 0.200. The van der Waals surface area contributed by atoms with Crippen LogP contribution in [0, 0.1) is 26.2 Å². The van der Waals surface area contributed by atoms with Crippen LogP contribution in [0.3, 0.4) is 0 Å². The van der Waals surface area contributed by atoms with Crippen molar-refractivity contribution in [2.24, 2.45) is 4.99 Å². The summed E-state index contributed by atoms with van der Waals surface area (Å²) in [6.45, 7) is 25.4. The molecule has 0 bridgehead atoms. The summed E-state index contributed by atoms with van der Waals surface area (Å²) in [6.07, 6.45) is 38.6. The Bertz CT molecular complexity index is 1930. The van der Waals surface area contributed by atoms with Gasteiger partial charge in [-0.25, -0.2) is 9.98 Å². The minimum atomic E-state index is 0.571. The fourth-order valence-corrected chi connectivity index (χ4v) is 5.48. The van der Waals surface area contributed by atoms with E-state index in [-0.39, 0.29) is 0 Å². The third-order valence-electron chi connectivity index (χ3n) is 8.13. The van der Waals surface area contributed by atoms with Crippen molar-refractivity contribution < 1.29 is 0 Å². The molecule has 0 amide bonds. The van der Waals surface area contributed by atoms with E-state index in [2.05, 4.69) is 80.8 Å². The van der Waals surface area contributed by atoms with Crippen LogP contribution in [0.15, 0.2) is 144 Å². The largest absolute Gasteiger partial charge is 0.329 e. The monoisotopic (exact) mass is 631 g/mol. The van der Waals surface area contributed by atoms with Crippen LogP contribution in [-0.4, -0.2) is 22.8 Å². The summed E-state index contributed by atoms with van der Waals surface area (Å²) in [4.78, 5) is 12.4. The highest BCUT2D eigenvalue weighted by Gasteiger charge is 2.20. The summed E-state index contributed by atoms with van der Waals surface area (Å²) >= 11 is 0. The van der Waals surface area contributed by atoms with Crippen molar-refractivity contribution >= 4 is 34.0 Å². The zero-order valence-electron chi connectivity index (χ0n) is 29.8. The Hall–Kier alpha value is -5.46. The highest BCUT2D eigenvalue weighted by molar-refractivity contribution is 6.04. The second-order valence-electron chi connectivity index (χ2n) is 11.5. The number of likely N-dealkylation sites (N-methyl/N-ethyl adjacent to an activating group) is 1. The number of aromatic nitrogens is 1. The molecule has 48 heavy (non-hydrogen) atoms. The van der Waals surface area contributed by atoms with Crippen LogP contribution in [0.5, 0.6) is 0 Å². The molecule has 0 N–H and O–H groups in total. The van der Waals surface area contributed by atoms with Gasteiger partial charge in [0, 0.05) is 34.9 Å². The zero-order valence-corrected chi connectivity index (χ0v) is 29.8. The zero-order chi connectivity index (χ0) is 35.2. The number of fused-ring (bicyclic) bond motifs is 1. The van der Waals surface area contributed by atoms with Gasteiger partial charge in [0.15, 0.2) is 0 Å². The van der Waals surface area contributed by atoms with E-state index in [4.69, 9.17) is 16.4 Å². The van der Waals surface area contributed by atoms with E-state index in [1.807, 2.05) is 102 Å². The minimum Gasteiger partial charge on any atom is -0.329 e. The lowest BCUT2D eigenvalue weighted by atomic mass is 9.89. The molecule has 1 aromatic carbocycles. The third-order valence-corrected chi connectivity index (χ3v) is 8.13. The minimum absolute atomic E-state index is 0.571. The molecule has 244 valence electrons. The maximum atomic E-state index is 5.89. The topological polar surface area (TPSA) is 28.5 Å². The highest BCUT2D eigenvalue weighted by atomic mass is 15.2. The number of pyridine rings is 1. The lowest BCUT2D eigenvalue weighted by Crippen LogP contribution is -2.27. The molecular formula is C45H49N3. The molecule has 1 heterocycles. The lowest BCUT2D eigenvalue weighted by molar-refractivity contribution is 0.637. The Morgan fingerprint density at radius 2 is 1.69 bits per heavy atom. The van der Waals surface area contributed by atoms with Crippen molar-refractivity contribution in [2.75, 3.05) is 7.05 Å². The Kier molecular flexibility index (Phi) is 13.9. The number of allylic oxidation sites excluding steroid dienone is 16. The number of aliphatic imine (C=N–C) groups is 1. The van der Waals surface area contributed by atoms with Crippen LogP contribution in [0.25, 0.3) is 28.1 Å². The van der Waals surface area contributed by atoms with Gasteiger partial charge >= 0.3 is 0 Å². The van der Waals surface area contributed by atoms with Gasteiger partial charge in [-0.3, -0.25) is 0 Å². The summed E-state index contributed by atoms with van der Waals surface area (Å²) in [5, 5.41) is 1.02. The van der Waals surface area contributed by atoms with Crippen molar-refractivity contribution in [3.8, 4) is 12.3 Å². The average molecular weight is 632 g/mol. The van der Waals surface area contributed by atoms with Crippen LogP contribution < -0.4 is 0 Å². The number of rotatable bonds is 12. The van der Waals surface area contributed by atoms with Gasteiger partial charge in [0.25, 0.3) is 0 Å². The Labute approximate surface area is 289 Å². The number of terminal acetylenes is 1. The molecule has 1 aliphatic rings. The number of hydrogen-bond donors (Lipinski definition) is 0. The first-order chi connectivity index (χ1) is 23.1. The number of hydrogen-bond acceptors (Lipinski definition) is 2. The molecule has 0 unspecified atom stereocenters. The van der Waals surface area contributed by atoms with E-state index >= 15 is 0 Å². The molecular weight excluding hydrogens is 583 g/mol. The first-order valence-electron chi connectivity index (χ1n) is 16.4. The fourth-order valence-electron chi connectivity index (χ4n) is 5.48. The molecule has 0 aliphatic heterocycles. The molecule has 3 nitrogen and oxygen atoms in total. The summed E-state index contributed by atoms with van der Waals surface area (Å²) in [5.74, 6) is 3.50. The van der Waals surface area contributed by atoms with Gasteiger partial charge in [-0.05, 0) is 94.4 Å². The SMILES string of the molecule is C#CC(=C)/C(=C\C=C/C)c1nc2c(C)c(/C=C\C=C/C)ccc2c(C(=C)/C=C\C(=C)/C(=N/C(/C=C\C)=C/C)N(C)C2=CCCC=C2)c1C. The first-order valence-corrected chi connectivity index (χ1v) is 16.4. The molecule has 3 rings (SSSR count). The average Bonchev–Trinajstić information content (AvgIpc) is 3.10. The van der Waals surface area contributed by atoms with Crippen molar-refractivity contribution in [1.82, 2.24) is 9.88 Å². The van der Waals surface area contributed by atoms with E-state index in [0.717, 1.165) is 85.6 Å². The second kappa shape index (κ2) is 18.0. The van der Waals surface area contributed by atoms with E-state index in [0.29, 0.717) is 5.57 Å². The van der Waals surface area contributed by atoms with Gasteiger partial charge in [-0.2, -0.15) is 0 Å². The van der Waals surface area contributed by atoms with Gasteiger partial charge in [-0.15, -0.1) is 6.42 Å². The van der Waals surface area contributed by atoms with Crippen LogP contribution in [-0.2, 0) is 0 Å². The molecule has 0 saturated heterocycles. The van der Waals surface area contributed by atoms with Crippen LogP contribution in [0.4, 0.5) is 0 Å². The Morgan fingerprint density at radius 3 is 2.31 bits per heavy atom. The van der Waals surface area contributed by atoms with Crippen LogP contribution in [0.2, 0.25) is 0 Å². The normalized spacial score (nSPS) is 14.6. The highest BCUT2D eigenvalue weighted by Crippen LogP contribution is 2.36. The lowest BCUT2D eigenvalue weighted by Gasteiger charge is -2.25. The molecule has 0 radical (unpaired) electrons. The number of amidine groups is 1. The molecule has 2 aromatic rings. The molecule has 1 aromatic heterocycles. The molecule has 0 saturated carbocycles. The van der Waals surface area contributed by atoms with Gasteiger partial charge < -0.3 is 4.90 Å². The summed E-state index contributed by atoms with van der Waals surface area (Å²) in [5.41, 5.74) is 10.7. The molecule has 0 spiro atoms. The number of aryl methyl sites for hydroxylation is 1. The van der Waals surface area contributed by atoms with Crippen molar-refractivity contribution in [1.29, 1.82) is 0 Å². The maximum Gasteiger partial charge on any atom is 0.140 e. The quantitative estimate of drug-likeness (QED) is 0.101. The predicted octanol–water partition coefficient (Wildman–Crippen LogP) is 11.8. The van der Waals surface area contributed by atoms with Gasteiger partial charge in [0.1, 0.15) is 5.84 Å². The number of nitrogens with zero attached hydrogens (tertiary/aromatic N) is 3. The summed E-state index contributed by atoms with van der Waals surface area (Å²) in [6, 6.07) is 4.27. The first kappa shape index (κ1) is 37.0. The van der Waals surface area contributed by atoms with E-state index in [1.54, 1.807) is 0 Å². The van der Waals surface area contributed by atoms with Crippen LogP contribution in [0.1, 0.15) is 68.5 Å². The number of benzene rings is 1. The van der Waals surface area contributed by atoms with E-state index in [9.17, 15) is 0 Å². The van der Waals surface area contributed by atoms with Crippen molar-refractivity contribution in [3.63, 3.8) is 0 Å². The Morgan fingerprint density at radius 1 is 0.938 bits per heavy atom. The molecule has 3 heteroatoms. The molecule has 0 fully saturated rings. The predicted molar refractivity (Wildman–Crippen MR) is 213 cm³/mol. The van der Waals surface area contributed by atoms with E-state index < -0.39 is 0 Å². The Balaban J connectivity index is 2.26.